The summed E-state index contributed by atoms with van der Waals surface area (Å²) in [6.45, 7) is 16.9. The van der Waals surface area contributed by atoms with Crippen LogP contribution in [0.3, 0.4) is 0 Å². The minimum atomic E-state index is -0.630. The van der Waals surface area contributed by atoms with Crippen molar-refractivity contribution in [3.63, 3.8) is 0 Å². The Bertz CT molecular complexity index is 1280. The lowest BCUT2D eigenvalue weighted by molar-refractivity contribution is -0.119. The van der Waals surface area contributed by atoms with Crippen molar-refractivity contribution >= 4 is 22.7 Å². The SMILES string of the molecule is CC1(C)C=C(CCCCC(C)(C)CO)C(=O)C(c2ccccc2C2=CC(CCCCC(C)(C)CO)=CC(C)(C)C2=O)=C1. The highest BCUT2D eigenvalue weighted by atomic mass is 16.3. The van der Waals surface area contributed by atoms with Gasteiger partial charge in [0.05, 0.1) is 0 Å². The van der Waals surface area contributed by atoms with Gasteiger partial charge in [0.2, 0.25) is 0 Å². The Morgan fingerprint density at radius 2 is 1.21 bits per heavy atom. The van der Waals surface area contributed by atoms with Gasteiger partial charge in [-0.1, -0.05) is 102 Å². The number of carbonyl (C=O) groups excluding carboxylic acids is 2. The van der Waals surface area contributed by atoms with Gasteiger partial charge in [-0.25, -0.2) is 0 Å². The molecule has 0 radical (unpaired) electrons. The van der Waals surface area contributed by atoms with Crippen molar-refractivity contribution in [3.8, 4) is 0 Å². The van der Waals surface area contributed by atoms with E-state index in [2.05, 4.69) is 59.8 Å². The molecule has 4 nitrogen and oxygen atoms in total. The highest BCUT2D eigenvalue weighted by Crippen LogP contribution is 2.42. The molecule has 2 aliphatic rings. The predicted molar refractivity (Wildman–Crippen MR) is 175 cm³/mol. The van der Waals surface area contributed by atoms with Crippen LogP contribution in [0.15, 0.2) is 59.7 Å². The minimum Gasteiger partial charge on any atom is -0.396 e. The Kier molecular flexibility index (Phi) is 10.8. The molecule has 0 fully saturated rings. The number of rotatable bonds is 14. The van der Waals surface area contributed by atoms with E-state index in [9.17, 15) is 19.8 Å². The van der Waals surface area contributed by atoms with Crippen molar-refractivity contribution in [1.29, 1.82) is 0 Å². The molecule has 0 aromatic heterocycles. The fourth-order valence-electron chi connectivity index (χ4n) is 6.03. The molecule has 0 amide bonds. The topological polar surface area (TPSA) is 74.6 Å². The van der Waals surface area contributed by atoms with Crippen molar-refractivity contribution in [2.24, 2.45) is 21.7 Å². The molecular weight excluding hydrogens is 520 g/mol. The van der Waals surface area contributed by atoms with Crippen LogP contribution in [0.25, 0.3) is 11.1 Å². The van der Waals surface area contributed by atoms with Gasteiger partial charge >= 0.3 is 0 Å². The molecule has 3 rings (SSSR count). The zero-order chi connectivity index (χ0) is 31.3. The van der Waals surface area contributed by atoms with Crippen LogP contribution >= 0.6 is 0 Å². The molecule has 2 N–H and O–H groups in total. The van der Waals surface area contributed by atoms with E-state index in [0.29, 0.717) is 17.6 Å². The van der Waals surface area contributed by atoms with Crippen molar-refractivity contribution in [1.82, 2.24) is 0 Å². The summed E-state index contributed by atoms with van der Waals surface area (Å²) in [7, 11) is 0. The second kappa shape index (κ2) is 13.4. The van der Waals surface area contributed by atoms with Crippen LogP contribution in [0.5, 0.6) is 0 Å². The molecular formula is C38H54O4. The lowest BCUT2D eigenvalue weighted by Gasteiger charge is -2.30. The average Bonchev–Trinajstić information content (AvgIpc) is 2.92. The van der Waals surface area contributed by atoms with E-state index in [0.717, 1.165) is 67.2 Å². The Morgan fingerprint density at radius 3 is 1.76 bits per heavy atom. The first-order valence-electron chi connectivity index (χ1n) is 15.8. The first kappa shape index (κ1) is 33.9. The molecule has 0 saturated heterocycles. The number of allylic oxidation sites excluding steroid dienone is 8. The largest absolute Gasteiger partial charge is 0.396 e. The van der Waals surface area contributed by atoms with E-state index >= 15 is 0 Å². The van der Waals surface area contributed by atoms with Gasteiger partial charge in [0.15, 0.2) is 11.6 Å². The zero-order valence-electron chi connectivity index (χ0n) is 27.4. The quantitative estimate of drug-likeness (QED) is 0.218. The van der Waals surface area contributed by atoms with Crippen molar-refractivity contribution in [2.75, 3.05) is 13.2 Å². The molecule has 0 atom stereocenters. The number of hydrogen-bond acceptors (Lipinski definition) is 4. The monoisotopic (exact) mass is 574 g/mol. The first-order valence-corrected chi connectivity index (χ1v) is 15.8. The van der Waals surface area contributed by atoms with Crippen LogP contribution in [-0.4, -0.2) is 35.0 Å². The number of ketones is 2. The van der Waals surface area contributed by atoms with Crippen LogP contribution in [0.2, 0.25) is 0 Å². The third-order valence-electron chi connectivity index (χ3n) is 8.79. The smallest absolute Gasteiger partial charge is 0.189 e. The predicted octanol–water partition coefficient (Wildman–Crippen LogP) is 8.68. The van der Waals surface area contributed by atoms with Crippen molar-refractivity contribution < 1.29 is 19.8 Å². The Balaban J connectivity index is 1.88. The summed E-state index contributed by atoms with van der Waals surface area (Å²) in [6, 6.07) is 7.87. The summed E-state index contributed by atoms with van der Waals surface area (Å²) in [4.78, 5) is 27.7. The fourth-order valence-corrected chi connectivity index (χ4v) is 6.03. The second-order valence-corrected chi connectivity index (χ2v) is 15.3. The highest BCUT2D eigenvalue weighted by molar-refractivity contribution is 6.32. The number of aliphatic hydroxyl groups is 2. The van der Waals surface area contributed by atoms with E-state index in [1.807, 2.05) is 44.2 Å². The second-order valence-electron chi connectivity index (χ2n) is 15.3. The number of hydrogen-bond donors (Lipinski definition) is 2. The molecule has 2 aliphatic carbocycles. The third kappa shape index (κ3) is 8.74. The zero-order valence-corrected chi connectivity index (χ0v) is 27.4. The number of Topliss-reactive ketones (excluding diaryl/α,β-unsaturated/α-hetero) is 2. The molecule has 0 saturated carbocycles. The normalized spacial score (nSPS) is 18.8. The first-order chi connectivity index (χ1) is 19.5. The van der Waals surface area contributed by atoms with Gasteiger partial charge in [0.25, 0.3) is 0 Å². The maximum absolute atomic E-state index is 13.9. The molecule has 4 heteroatoms. The van der Waals surface area contributed by atoms with E-state index in [-0.39, 0.29) is 41.0 Å². The summed E-state index contributed by atoms with van der Waals surface area (Å²) in [5.41, 5.74) is 3.90. The van der Waals surface area contributed by atoms with Gasteiger partial charge in [-0.05, 0) is 86.0 Å². The average molecular weight is 575 g/mol. The van der Waals surface area contributed by atoms with E-state index in [4.69, 9.17) is 0 Å². The van der Waals surface area contributed by atoms with Crippen LogP contribution < -0.4 is 0 Å². The molecule has 1 aromatic rings. The van der Waals surface area contributed by atoms with E-state index < -0.39 is 5.41 Å². The van der Waals surface area contributed by atoms with Crippen LogP contribution in [0, 0.1) is 21.7 Å². The molecule has 1 aromatic carbocycles. The summed E-state index contributed by atoms with van der Waals surface area (Å²) < 4.78 is 0. The maximum atomic E-state index is 13.9. The summed E-state index contributed by atoms with van der Waals surface area (Å²) >= 11 is 0. The Hall–Kier alpha value is -2.56. The summed E-state index contributed by atoms with van der Waals surface area (Å²) in [6.07, 6.45) is 15.6. The lowest BCUT2D eigenvalue weighted by Crippen LogP contribution is -2.27. The molecule has 0 heterocycles. The standard InChI is InChI=1S/C38H54O4/c1-35(2,25-39)19-13-11-15-27-21-31(34(42)38(7,8)22-27)29-17-9-10-18-30(29)32-24-37(5,6)23-28(33(32)41)16-12-14-20-36(3,4)26-40/h9-10,17-18,21-24,39-40H,11-16,19-20,25-26H2,1-8H3. The molecule has 0 bridgehead atoms. The van der Waals surface area contributed by atoms with Gasteiger partial charge in [0, 0.05) is 35.2 Å². The summed E-state index contributed by atoms with van der Waals surface area (Å²) in [5, 5.41) is 19.2. The lowest BCUT2D eigenvalue weighted by atomic mass is 9.72. The van der Waals surface area contributed by atoms with Crippen LogP contribution in [0.1, 0.15) is 118 Å². The highest BCUT2D eigenvalue weighted by Gasteiger charge is 2.35. The molecule has 42 heavy (non-hydrogen) atoms. The third-order valence-corrected chi connectivity index (χ3v) is 8.79. The van der Waals surface area contributed by atoms with Gasteiger partial charge in [0.1, 0.15) is 0 Å². The fraction of sp³-hybridized carbons (Fsp3) is 0.579. The van der Waals surface area contributed by atoms with Crippen molar-refractivity contribution in [3.05, 3.63) is 70.8 Å². The number of aliphatic hydroxyl groups excluding tert-OH is 2. The van der Waals surface area contributed by atoms with Gasteiger partial charge in [-0.3, -0.25) is 9.59 Å². The molecule has 0 unspecified atom stereocenters. The number of benzene rings is 1. The van der Waals surface area contributed by atoms with Crippen molar-refractivity contribution in [2.45, 2.75) is 107 Å². The van der Waals surface area contributed by atoms with Crippen LogP contribution in [0.4, 0.5) is 0 Å². The van der Waals surface area contributed by atoms with E-state index in [1.54, 1.807) is 0 Å². The molecule has 230 valence electrons. The van der Waals surface area contributed by atoms with Gasteiger partial charge in [-0.15, -0.1) is 0 Å². The van der Waals surface area contributed by atoms with Crippen LogP contribution in [-0.2, 0) is 9.59 Å². The minimum absolute atomic E-state index is 0.0496. The van der Waals surface area contributed by atoms with E-state index in [1.165, 1.54) is 0 Å². The molecule has 0 spiro atoms. The number of unbranched alkanes of at least 4 members (excludes halogenated alkanes) is 2. The Labute approximate surface area is 254 Å². The maximum Gasteiger partial charge on any atom is 0.189 e. The van der Waals surface area contributed by atoms with Gasteiger partial charge in [-0.2, -0.15) is 0 Å². The molecule has 0 aliphatic heterocycles. The Morgan fingerprint density at radius 1 is 0.690 bits per heavy atom. The van der Waals surface area contributed by atoms with Gasteiger partial charge < -0.3 is 10.2 Å². The number of carbonyl (C=O) groups is 2. The summed E-state index contributed by atoms with van der Waals surface area (Å²) in [5.74, 6) is 0.124.